The third-order valence-corrected chi connectivity index (χ3v) is 7.22. The monoisotopic (exact) mass is 499 g/mol. The third-order valence-electron chi connectivity index (χ3n) is 7.22. The maximum Gasteiger partial charge on any atom is 0.322 e. The van der Waals surface area contributed by atoms with Crippen LogP contribution in [-0.4, -0.2) is 11.3 Å². The summed E-state index contributed by atoms with van der Waals surface area (Å²) >= 11 is 0. The smallest absolute Gasteiger partial charge is 0.285 e. The zero-order valence-electron chi connectivity index (χ0n) is 20.3. The van der Waals surface area contributed by atoms with E-state index in [1.807, 2.05) is 54.1 Å². The molecular weight excluding hydrogens is 480 g/mol. The van der Waals surface area contributed by atoms with E-state index in [9.17, 15) is 14.0 Å². The predicted octanol–water partition coefficient (Wildman–Crippen LogP) is 7.02. The SMILES string of the molecule is C=[N+]1C=CC=C[C-]1c1c(C)ccc2c1[o+][c-]1c(-[n+]3c4ccc(F)cc4c4cc(F)cc[c-]43)c(C#N)ccc21. The van der Waals surface area contributed by atoms with Crippen LogP contribution in [0.2, 0.25) is 0 Å². The first kappa shape index (κ1) is 22.1. The number of allylic oxidation sites excluding steroid dienone is 2. The van der Waals surface area contributed by atoms with Crippen LogP contribution in [0, 0.1) is 35.9 Å². The van der Waals surface area contributed by atoms with Crippen LogP contribution in [0.4, 0.5) is 8.78 Å². The van der Waals surface area contributed by atoms with Gasteiger partial charge in [-0.25, -0.2) is 18.6 Å². The van der Waals surface area contributed by atoms with E-state index in [-0.39, 0.29) is 0 Å². The summed E-state index contributed by atoms with van der Waals surface area (Å²) < 4.78 is 38.9. The normalized spacial score (nSPS) is 13.4. The molecule has 4 nitrogen and oxygen atoms in total. The van der Waals surface area contributed by atoms with Gasteiger partial charge in [0.2, 0.25) is 5.69 Å². The molecule has 4 aromatic carbocycles. The van der Waals surface area contributed by atoms with Gasteiger partial charge in [-0.15, -0.1) is 18.2 Å². The van der Waals surface area contributed by atoms with Gasteiger partial charge < -0.3 is 0 Å². The molecule has 1 aliphatic rings. The van der Waals surface area contributed by atoms with Crippen LogP contribution in [-0.2, 0) is 0 Å². The summed E-state index contributed by atoms with van der Waals surface area (Å²) in [7, 11) is 0. The van der Waals surface area contributed by atoms with Crippen LogP contribution in [0.15, 0.2) is 89.5 Å². The van der Waals surface area contributed by atoms with Crippen LogP contribution in [0.25, 0.3) is 49.4 Å². The van der Waals surface area contributed by atoms with Crippen molar-refractivity contribution in [3.63, 3.8) is 0 Å². The summed E-state index contributed by atoms with van der Waals surface area (Å²) in [6.45, 7) is 6.15. The Hall–Kier alpha value is -5.15. The van der Waals surface area contributed by atoms with Crippen LogP contribution in [0.5, 0.6) is 0 Å². The second-order valence-electron chi connectivity index (χ2n) is 9.40. The average Bonchev–Trinajstić information content (AvgIpc) is 3.43. The first-order chi connectivity index (χ1) is 18.5. The first-order valence-electron chi connectivity index (χ1n) is 12.1. The fourth-order valence-electron chi connectivity index (χ4n) is 5.53. The van der Waals surface area contributed by atoms with E-state index < -0.39 is 11.6 Å². The topological polar surface area (TPSA) is 42.0 Å². The minimum atomic E-state index is -0.423. The van der Waals surface area contributed by atoms with Gasteiger partial charge in [-0.2, -0.15) is 0 Å². The van der Waals surface area contributed by atoms with Crippen LogP contribution in [0.3, 0.4) is 0 Å². The van der Waals surface area contributed by atoms with E-state index in [0.717, 1.165) is 27.9 Å². The number of nitrogens with zero attached hydrogens (tertiary/aromatic N) is 3. The summed E-state index contributed by atoms with van der Waals surface area (Å²) in [5.41, 5.74) is 5.32. The zero-order valence-corrected chi connectivity index (χ0v) is 20.3. The Bertz CT molecular complexity index is 2040. The number of hydrogen-bond donors (Lipinski definition) is 0. The summed E-state index contributed by atoms with van der Waals surface area (Å²) in [5, 5.41) is 13.0. The fraction of sp³-hybridized carbons (Fsp3) is 0.0312. The Labute approximate surface area is 216 Å². The van der Waals surface area contributed by atoms with Gasteiger partial charge in [-0.05, 0) is 51.9 Å². The van der Waals surface area contributed by atoms with Gasteiger partial charge in [-0.1, -0.05) is 42.8 Å². The highest BCUT2D eigenvalue weighted by atomic mass is 19.1. The highest BCUT2D eigenvalue weighted by molar-refractivity contribution is 6.10. The molecule has 3 heterocycles. The zero-order chi connectivity index (χ0) is 26.1. The number of hydrogen-bond acceptors (Lipinski definition) is 1. The fourth-order valence-corrected chi connectivity index (χ4v) is 5.53. The molecule has 0 saturated heterocycles. The maximum atomic E-state index is 14.3. The highest BCUT2D eigenvalue weighted by Crippen LogP contribution is 2.40. The van der Waals surface area contributed by atoms with Gasteiger partial charge in [0, 0.05) is 5.56 Å². The lowest BCUT2D eigenvalue weighted by atomic mass is 9.96. The molecular formula is C32H19F2N3O. The van der Waals surface area contributed by atoms with E-state index in [2.05, 4.69) is 12.8 Å². The number of halogens is 2. The quantitative estimate of drug-likeness (QED) is 0.146. The number of aromatic nitrogens is 1. The largest absolute Gasteiger partial charge is 0.322 e. The number of benzene rings is 4. The van der Waals surface area contributed by atoms with Crippen molar-refractivity contribution in [1.82, 2.24) is 0 Å². The standard InChI is InChI=1S/C32H19F2N3O/c1-18-6-10-22-23-11-7-19(17-35)30(32(23)38-31(22)29(18)28-5-3-4-14-36(28)2)37-26-12-8-20(33)15-24(26)25-16-21(34)9-13-27(25)37/h3-16H,2H2,1H3. The highest BCUT2D eigenvalue weighted by Gasteiger charge is 2.30. The van der Waals surface area contributed by atoms with Gasteiger partial charge >= 0.3 is 5.58 Å². The minimum absolute atomic E-state index is 0.384. The Kier molecular flexibility index (Phi) is 4.60. The van der Waals surface area contributed by atoms with Crippen molar-refractivity contribution in [2.45, 2.75) is 6.92 Å². The maximum absolute atomic E-state index is 14.3. The van der Waals surface area contributed by atoms with E-state index >= 15 is 0 Å². The van der Waals surface area contributed by atoms with Crippen molar-refractivity contribution in [2.75, 3.05) is 0 Å². The molecule has 2 aromatic heterocycles. The molecule has 182 valence electrons. The molecule has 7 rings (SSSR count). The van der Waals surface area contributed by atoms with Crippen molar-refractivity contribution in [3.05, 3.63) is 119 Å². The van der Waals surface area contributed by atoms with E-state index in [1.165, 1.54) is 24.3 Å². The van der Waals surface area contributed by atoms with Crippen LogP contribution < -0.4 is 4.57 Å². The molecule has 0 radical (unpaired) electrons. The average molecular weight is 500 g/mol. The lowest BCUT2D eigenvalue weighted by molar-refractivity contribution is -0.535. The molecule has 0 saturated carbocycles. The third kappa shape index (κ3) is 2.99. The summed E-state index contributed by atoms with van der Waals surface area (Å²) in [6.07, 6.45) is 7.73. The van der Waals surface area contributed by atoms with Crippen LogP contribution in [0.1, 0.15) is 16.7 Å². The number of fused-ring (bicyclic) bond motifs is 6. The molecule has 0 unspecified atom stereocenters. The molecule has 0 aliphatic carbocycles. The van der Waals surface area contributed by atoms with Crippen LogP contribution >= 0.6 is 0 Å². The van der Waals surface area contributed by atoms with Crippen molar-refractivity contribution in [1.29, 1.82) is 5.26 Å². The number of rotatable bonds is 2. The molecule has 6 heteroatoms. The number of furan rings is 1. The molecule has 0 atom stereocenters. The summed E-state index contributed by atoms with van der Waals surface area (Å²) in [5.74, 6) is -0.847. The molecule has 0 spiro atoms. The van der Waals surface area contributed by atoms with Gasteiger partial charge in [-0.3, -0.25) is 8.99 Å². The van der Waals surface area contributed by atoms with Crippen molar-refractivity contribution in [3.8, 4) is 11.8 Å². The predicted molar refractivity (Wildman–Crippen MR) is 143 cm³/mol. The lowest BCUT2D eigenvalue weighted by Crippen LogP contribution is -2.31. The van der Waals surface area contributed by atoms with Crippen molar-refractivity contribution < 1.29 is 22.3 Å². The van der Waals surface area contributed by atoms with Crippen molar-refractivity contribution >= 4 is 50.5 Å². The minimum Gasteiger partial charge on any atom is -0.285 e. The van der Waals surface area contributed by atoms with Crippen molar-refractivity contribution in [2.24, 2.45) is 0 Å². The first-order valence-corrected chi connectivity index (χ1v) is 12.1. The van der Waals surface area contributed by atoms with E-state index in [4.69, 9.17) is 4.42 Å². The Morgan fingerprint density at radius 1 is 0.947 bits per heavy atom. The molecule has 0 fully saturated rings. The molecule has 1 aliphatic heterocycles. The second kappa shape index (κ2) is 7.92. The van der Waals surface area contributed by atoms with Gasteiger partial charge in [0.15, 0.2) is 6.04 Å². The molecule has 0 bridgehead atoms. The molecule has 6 aromatic rings. The summed E-state index contributed by atoms with van der Waals surface area (Å²) in [4.78, 5) is 0. The lowest BCUT2D eigenvalue weighted by Gasteiger charge is -2.16. The Balaban J connectivity index is 1.64. The van der Waals surface area contributed by atoms with Gasteiger partial charge in [0.25, 0.3) is 5.58 Å². The van der Waals surface area contributed by atoms with E-state index in [0.29, 0.717) is 44.2 Å². The van der Waals surface area contributed by atoms with Gasteiger partial charge in [0.1, 0.15) is 23.1 Å². The Morgan fingerprint density at radius 3 is 2.61 bits per heavy atom. The molecule has 0 amide bonds. The second-order valence-corrected chi connectivity index (χ2v) is 9.40. The number of aryl methyl sites for hydroxylation is 1. The molecule has 0 N–H and O–H groups in total. The van der Waals surface area contributed by atoms with Gasteiger partial charge in [0.05, 0.1) is 24.2 Å². The number of nitriles is 1. The van der Waals surface area contributed by atoms with E-state index in [1.54, 1.807) is 22.8 Å². The molecule has 38 heavy (non-hydrogen) atoms. The summed E-state index contributed by atoms with van der Waals surface area (Å²) in [6, 6.07) is 19.7. The Morgan fingerprint density at radius 2 is 1.79 bits per heavy atom.